The molecule has 32 heavy (non-hydrogen) atoms. The molecular weight excluding hydrogens is 415 g/mol. The Morgan fingerprint density at radius 2 is 1.62 bits per heavy atom. The molecule has 0 spiro atoms. The van der Waals surface area contributed by atoms with Crippen LogP contribution in [0.5, 0.6) is 0 Å². The van der Waals surface area contributed by atoms with Gasteiger partial charge in [0.2, 0.25) is 0 Å². The van der Waals surface area contributed by atoms with Crippen LogP contribution in [-0.4, -0.2) is 12.6 Å². The fraction of sp³-hybridized carbons (Fsp3) is 0.120. The summed E-state index contributed by atoms with van der Waals surface area (Å²) in [6.07, 6.45) is -4.50. The number of amides is 2. The SMILES string of the molecule is CC1=C(c2cccc(-c3ccc(C#N)cc3)c2)CNC(=O)N1c1cccc(C(F)(F)F)c1. The Balaban J connectivity index is 1.75. The molecule has 4 rings (SSSR count). The summed E-state index contributed by atoms with van der Waals surface area (Å²) in [7, 11) is 0. The number of nitrogens with one attached hydrogen (secondary N) is 1. The number of carbonyl (C=O) groups is 1. The van der Waals surface area contributed by atoms with E-state index in [1.807, 2.05) is 36.4 Å². The van der Waals surface area contributed by atoms with Crippen LogP contribution in [0.2, 0.25) is 0 Å². The van der Waals surface area contributed by atoms with Crippen LogP contribution < -0.4 is 10.2 Å². The number of rotatable bonds is 3. The van der Waals surface area contributed by atoms with Crippen molar-refractivity contribution < 1.29 is 18.0 Å². The van der Waals surface area contributed by atoms with Crippen molar-refractivity contribution in [2.45, 2.75) is 13.1 Å². The lowest BCUT2D eigenvalue weighted by molar-refractivity contribution is -0.137. The van der Waals surface area contributed by atoms with E-state index in [-0.39, 0.29) is 12.2 Å². The standard InChI is InChI=1S/C25H18F3N3O/c1-16-23(20-5-2-4-19(12-20)18-10-8-17(14-29)9-11-18)15-30-24(32)31(16)22-7-3-6-21(13-22)25(26,27)28/h2-13H,15H2,1H3,(H,30,32). The van der Waals surface area contributed by atoms with Crippen molar-refractivity contribution in [1.29, 1.82) is 5.26 Å². The second-order valence-electron chi connectivity index (χ2n) is 7.38. The highest BCUT2D eigenvalue weighted by atomic mass is 19.4. The lowest BCUT2D eigenvalue weighted by Crippen LogP contribution is -2.44. The molecule has 4 nitrogen and oxygen atoms in total. The molecule has 3 aromatic rings. The number of benzene rings is 3. The van der Waals surface area contributed by atoms with Gasteiger partial charge in [-0.3, -0.25) is 4.90 Å². The fourth-order valence-electron chi connectivity index (χ4n) is 3.73. The van der Waals surface area contributed by atoms with Gasteiger partial charge in [0.25, 0.3) is 0 Å². The van der Waals surface area contributed by atoms with E-state index >= 15 is 0 Å². The van der Waals surface area contributed by atoms with Gasteiger partial charge in [-0.1, -0.05) is 36.4 Å². The van der Waals surface area contributed by atoms with Crippen LogP contribution in [0.25, 0.3) is 16.7 Å². The van der Waals surface area contributed by atoms with E-state index in [9.17, 15) is 18.0 Å². The smallest absolute Gasteiger partial charge is 0.333 e. The molecule has 0 aliphatic carbocycles. The van der Waals surface area contributed by atoms with E-state index < -0.39 is 17.8 Å². The fourth-order valence-corrected chi connectivity index (χ4v) is 3.73. The number of hydrogen-bond donors (Lipinski definition) is 1. The molecule has 0 saturated carbocycles. The van der Waals surface area contributed by atoms with Gasteiger partial charge >= 0.3 is 12.2 Å². The van der Waals surface area contributed by atoms with E-state index in [2.05, 4.69) is 11.4 Å². The van der Waals surface area contributed by atoms with Crippen molar-refractivity contribution in [2.75, 3.05) is 11.4 Å². The van der Waals surface area contributed by atoms with Gasteiger partial charge in [0.15, 0.2) is 0 Å². The molecule has 0 fully saturated rings. The average Bonchev–Trinajstić information content (AvgIpc) is 2.79. The molecule has 2 amide bonds. The van der Waals surface area contributed by atoms with Crippen molar-refractivity contribution in [3.05, 3.63) is 95.2 Å². The molecule has 0 bridgehead atoms. The van der Waals surface area contributed by atoms with Crippen LogP contribution in [0, 0.1) is 11.3 Å². The number of urea groups is 1. The number of alkyl halides is 3. The third kappa shape index (κ3) is 4.08. The predicted molar refractivity (Wildman–Crippen MR) is 117 cm³/mol. The summed E-state index contributed by atoms with van der Waals surface area (Å²) in [5.41, 5.74) is 3.97. The summed E-state index contributed by atoms with van der Waals surface area (Å²) >= 11 is 0. The maximum absolute atomic E-state index is 13.2. The maximum atomic E-state index is 13.2. The van der Waals surface area contributed by atoms with Crippen LogP contribution in [-0.2, 0) is 6.18 Å². The van der Waals surface area contributed by atoms with Gasteiger partial charge in [-0.25, -0.2) is 4.79 Å². The lowest BCUT2D eigenvalue weighted by Gasteiger charge is -2.31. The van der Waals surface area contributed by atoms with Crippen LogP contribution in [0.3, 0.4) is 0 Å². The zero-order valence-electron chi connectivity index (χ0n) is 17.1. The van der Waals surface area contributed by atoms with Crippen molar-refractivity contribution in [2.24, 2.45) is 0 Å². The molecule has 0 radical (unpaired) electrons. The quantitative estimate of drug-likeness (QED) is 0.534. The van der Waals surface area contributed by atoms with Crippen LogP contribution in [0.1, 0.15) is 23.6 Å². The predicted octanol–water partition coefficient (Wildman–Crippen LogP) is 6.20. The average molecular weight is 433 g/mol. The molecule has 0 aromatic heterocycles. The zero-order valence-corrected chi connectivity index (χ0v) is 17.1. The third-order valence-electron chi connectivity index (χ3n) is 5.38. The van der Waals surface area contributed by atoms with Crippen molar-refractivity contribution in [3.8, 4) is 17.2 Å². The van der Waals surface area contributed by atoms with Gasteiger partial charge in [0.1, 0.15) is 0 Å². The molecule has 0 saturated heterocycles. The van der Waals surface area contributed by atoms with Crippen LogP contribution in [0.4, 0.5) is 23.7 Å². The lowest BCUT2D eigenvalue weighted by atomic mass is 9.96. The Hall–Kier alpha value is -4.05. The number of carbonyl (C=O) groups excluding carboxylic acids is 1. The van der Waals surface area contributed by atoms with Crippen molar-refractivity contribution in [1.82, 2.24) is 5.32 Å². The summed E-state index contributed by atoms with van der Waals surface area (Å²) < 4.78 is 39.5. The number of hydrogen-bond acceptors (Lipinski definition) is 2. The molecule has 1 N–H and O–H groups in total. The summed E-state index contributed by atoms with van der Waals surface area (Å²) in [5, 5.41) is 11.7. The molecule has 1 aliphatic rings. The van der Waals surface area contributed by atoms with E-state index in [1.165, 1.54) is 17.0 Å². The normalized spacial score (nSPS) is 14.2. The molecule has 7 heteroatoms. The number of nitriles is 1. The number of halogens is 3. The van der Waals surface area contributed by atoms with Crippen LogP contribution in [0.15, 0.2) is 78.5 Å². The molecule has 160 valence electrons. The topological polar surface area (TPSA) is 56.1 Å². The summed E-state index contributed by atoms with van der Waals surface area (Å²) in [6, 6.07) is 21.2. The van der Waals surface area contributed by atoms with Gasteiger partial charge in [0.05, 0.1) is 22.9 Å². The van der Waals surface area contributed by atoms with E-state index in [0.29, 0.717) is 11.3 Å². The van der Waals surface area contributed by atoms with Gasteiger partial charge in [0, 0.05) is 12.2 Å². The highest BCUT2D eigenvalue weighted by molar-refractivity contribution is 6.01. The minimum Gasteiger partial charge on any atom is -0.333 e. The highest BCUT2D eigenvalue weighted by Crippen LogP contribution is 2.35. The third-order valence-corrected chi connectivity index (χ3v) is 5.38. The first kappa shape index (κ1) is 21.2. The van der Waals surface area contributed by atoms with Gasteiger partial charge in [-0.2, -0.15) is 18.4 Å². The first-order chi connectivity index (χ1) is 15.3. The van der Waals surface area contributed by atoms with E-state index in [0.717, 1.165) is 34.4 Å². The molecule has 1 aliphatic heterocycles. The van der Waals surface area contributed by atoms with E-state index in [4.69, 9.17) is 5.26 Å². The monoisotopic (exact) mass is 433 g/mol. The second-order valence-corrected chi connectivity index (χ2v) is 7.38. The molecule has 0 unspecified atom stereocenters. The Morgan fingerprint density at radius 3 is 2.31 bits per heavy atom. The van der Waals surface area contributed by atoms with E-state index in [1.54, 1.807) is 19.1 Å². The molecule has 1 heterocycles. The molecule has 0 atom stereocenters. The summed E-state index contributed by atoms with van der Waals surface area (Å²) in [5.74, 6) is 0. The largest absolute Gasteiger partial charge is 0.416 e. The Kier molecular flexibility index (Phi) is 5.45. The van der Waals surface area contributed by atoms with Gasteiger partial charge in [-0.05, 0) is 65.6 Å². The molecule has 3 aromatic carbocycles. The van der Waals surface area contributed by atoms with Gasteiger partial charge < -0.3 is 5.32 Å². The summed E-state index contributed by atoms with van der Waals surface area (Å²) in [6.45, 7) is 1.99. The zero-order chi connectivity index (χ0) is 22.9. The van der Waals surface area contributed by atoms with Crippen molar-refractivity contribution in [3.63, 3.8) is 0 Å². The minimum absolute atomic E-state index is 0.148. The van der Waals surface area contributed by atoms with Crippen LogP contribution >= 0.6 is 0 Å². The maximum Gasteiger partial charge on any atom is 0.416 e. The minimum atomic E-state index is -4.50. The number of anilines is 1. The second kappa shape index (κ2) is 8.23. The Labute approximate surface area is 183 Å². The number of allylic oxidation sites excluding steroid dienone is 1. The first-order valence-electron chi connectivity index (χ1n) is 9.84. The van der Waals surface area contributed by atoms with Crippen molar-refractivity contribution >= 4 is 17.3 Å². The number of nitrogens with zero attached hydrogens (tertiary/aromatic N) is 2. The molecular formula is C25H18F3N3O. The summed E-state index contributed by atoms with van der Waals surface area (Å²) in [4.78, 5) is 13.8. The highest BCUT2D eigenvalue weighted by Gasteiger charge is 2.32. The Bertz CT molecular complexity index is 1250. The first-order valence-corrected chi connectivity index (χ1v) is 9.84. The Morgan fingerprint density at radius 1 is 0.938 bits per heavy atom. The van der Waals surface area contributed by atoms with Gasteiger partial charge in [-0.15, -0.1) is 0 Å².